The Hall–Kier alpha value is -2.34. The summed E-state index contributed by atoms with van der Waals surface area (Å²) in [6.07, 6.45) is 0. The van der Waals surface area contributed by atoms with Crippen molar-refractivity contribution in [3.05, 3.63) is 58.6 Å². The summed E-state index contributed by atoms with van der Waals surface area (Å²) in [4.78, 5) is 24.2. The molecule has 0 radical (unpaired) electrons. The average Bonchev–Trinajstić information content (AvgIpc) is 2.48. The Balaban J connectivity index is 2.41. The van der Waals surface area contributed by atoms with Gasteiger partial charge in [0.05, 0.1) is 9.82 Å². The Labute approximate surface area is 126 Å². The van der Waals surface area contributed by atoms with Gasteiger partial charge in [-0.3, -0.25) is 14.9 Å². The van der Waals surface area contributed by atoms with Gasteiger partial charge in [0.1, 0.15) is 0 Å². The third-order valence-electron chi connectivity index (χ3n) is 2.83. The molecule has 0 aliphatic carbocycles. The summed E-state index contributed by atoms with van der Waals surface area (Å²) < 4.78 is 0. The van der Waals surface area contributed by atoms with E-state index < -0.39 is 4.92 Å². The van der Waals surface area contributed by atoms with Crippen LogP contribution in [0.3, 0.4) is 0 Å². The average molecular weight is 302 g/mol. The Bertz CT molecular complexity index is 672. The lowest BCUT2D eigenvalue weighted by molar-refractivity contribution is -0.387. The zero-order valence-electron chi connectivity index (χ0n) is 11.6. The van der Waals surface area contributed by atoms with Gasteiger partial charge in [0.25, 0.3) is 10.9 Å². The van der Waals surface area contributed by atoms with E-state index in [0.29, 0.717) is 4.90 Å². The van der Waals surface area contributed by atoms with Crippen LogP contribution in [0.4, 0.5) is 10.5 Å². The molecule has 21 heavy (non-hydrogen) atoms. The molecule has 0 heterocycles. The van der Waals surface area contributed by atoms with Gasteiger partial charge in [-0.15, -0.1) is 0 Å². The summed E-state index contributed by atoms with van der Waals surface area (Å²) in [5.41, 5.74) is 1.59. The highest BCUT2D eigenvalue weighted by molar-refractivity contribution is 8.13. The minimum Gasteiger partial charge on any atom is -0.339 e. The Morgan fingerprint density at radius 2 is 1.76 bits per heavy atom. The van der Waals surface area contributed by atoms with Crippen LogP contribution >= 0.6 is 11.8 Å². The summed E-state index contributed by atoms with van der Waals surface area (Å²) in [6.45, 7) is 0. The quantitative estimate of drug-likeness (QED) is 0.488. The van der Waals surface area contributed by atoms with E-state index in [1.54, 1.807) is 26.2 Å². The number of benzene rings is 2. The molecule has 0 aliphatic rings. The van der Waals surface area contributed by atoms with E-state index in [9.17, 15) is 14.9 Å². The van der Waals surface area contributed by atoms with Crippen LogP contribution in [0.5, 0.6) is 0 Å². The summed E-state index contributed by atoms with van der Waals surface area (Å²) in [5.74, 6) is 0. The Morgan fingerprint density at radius 1 is 1.10 bits per heavy atom. The summed E-state index contributed by atoms with van der Waals surface area (Å²) >= 11 is 0.856. The molecular weight excluding hydrogens is 288 g/mol. The van der Waals surface area contributed by atoms with Crippen molar-refractivity contribution in [2.45, 2.75) is 4.90 Å². The smallest absolute Gasteiger partial charge is 0.286 e. The monoisotopic (exact) mass is 302 g/mol. The molecule has 1 amide bonds. The Kier molecular flexibility index (Phi) is 4.59. The highest BCUT2D eigenvalue weighted by atomic mass is 32.2. The van der Waals surface area contributed by atoms with E-state index in [1.807, 2.05) is 30.3 Å². The zero-order chi connectivity index (χ0) is 15.4. The number of thioether (sulfide) groups is 1. The SMILES string of the molecule is CN(C)C(=O)Sc1ccc(-c2ccccc2)cc1[N+](=O)[O-]. The molecule has 108 valence electrons. The van der Waals surface area contributed by atoms with Gasteiger partial charge in [-0.25, -0.2) is 0 Å². The molecule has 0 unspecified atom stereocenters. The molecule has 0 aromatic heterocycles. The molecule has 0 N–H and O–H groups in total. The number of rotatable bonds is 3. The van der Waals surface area contributed by atoms with Gasteiger partial charge >= 0.3 is 0 Å². The number of nitro benzene ring substituents is 1. The van der Waals surface area contributed by atoms with Gasteiger partial charge < -0.3 is 4.90 Å². The number of nitro groups is 1. The van der Waals surface area contributed by atoms with Crippen LogP contribution in [0, 0.1) is 10.1 Å². The highest BCUT2D eigenvalue weighted by Gasteiger charge is 2.19. The summed E-state index contributed by atoms with van der Waals surface area (Å²) in [6, 6.07) is 14.3. The lowest BCUT2D eigenvalue weighted by atomic mass is 10.1. The van der Waals surface area contributed by atoms with Crippen LogP contribution in [-0.2, 0) is 0 Å². The zero-order valence-corrected chi connectivity index (χ0v) is 12.5. The first-order valence-electron chi connectivity index (χ1n) is 6.22. The molecule has 0 aliphatic heterocycles. The maximum atomic E-state index is 11.7. The standard InChI is InChI=1S/C15H14N2O3S/c1-16(2)15(18)21-14-9-8-12(10-13(14)17(19)20)11-6-4-3-5-7-11/h3-10H,1-2H3. The van der Waals surface area contributed by atoms with Gasteiger partial charge in [-0.2, -0.15) is 0 Å². The lowest BCUT2D eigenvalue weighted by Gasteiger charge is -2.10. The second kappa shape index (κ2) is 6.41. The maximum absolute atomic E-state index is 11.7. The first-order valence-corrected chi connectivity index (χ1v) is 7.03. The van der Waals surface area contributed by atoms with Crippen molar-refractivity contribution in [3.8, 4) is 11.1 Å². The number of hydrogen-bond donors (Lipinski definition) is 0. The van der Waals surface area contributed by atoms with Gasteiger partial charge in [0.2, 0.25) is 0 Å². The van der Waals surface area contributed by atoms with Crippen molar-refractivity contribution in [1.82, 2.24) is 4.90 Å². The van der Waals surface area contributed by atoms with Gasteiger partial charge in [0, 0.05) is 20.2 Å². The van der Waals surface area contributed by atoms with E-state index in [1.165, 1.54) is 11.0 Å². The minimum absolute atomic E-state index is 0.0587. The largest absolute Gasteiger partial charge is 0.339 e. The second-order valence-electron chi connectivity index (χ2n) is 4.57. The highest BCUT2D eigenvalue weighted by Crippen LogP contribution is 2.34. The van der Waals surface area contributed by atoms with E-state index >= 15 is 0 Å². The van der Waals surface area contributed by atoms with Crippen LogP contribution in [0.15, 0.2) is 53.4 Å². The van der Waals surface area contributed by atoms with Crippen molar-refractivity contribution >= 4 is 22.7 Å². The van der Waals surface area contributed by atoms with Crippen molar-refractivity contribution < 1.29 is 9.72 Å². The van der Waals surface area contributed by atoms with Crippen LogP contribution in [0.1, 0.15) is 0 Å². The molecule has 0 saturated carbocycles. The van der Waals surface area contributed by atoms with E-state index in [-0.39, 0.29) is 10.9 Å². The molecular formula is C15H14N2O3S. The van der Waals surface area contributed by atoms with Crippen molar-refractivity contribution in [2.75, 3.05) is 14.1 Å². The first-order chi connectivity index (χ1) is 9.99. The van der Waals surface area contributed by atoms with Crippen molar-refractivity contribution in [2.24, 2.45) is 0 Å². The van der Waals surface area contributed by atoms with Crippen molar-refractivity contribution in [3.63, 3.8) is 0 Å². The van der Waals surface area contributed by atoms with Gasteiger partial charge in [-0.05, 0) is 29.0 Å². The number of carbonyl (C=O) groups excluding carboxylic acids is 1. The predicted octanol–water partition coefficient (Wildman–Crippen LogP) is 4.04. The molecule has 0 saturated heterocycles. The molecule has 6 heteroatoms. The van der Waals surface area contributed by atoms with E-state index in [0.717, 1.165) is 22.9 Å². The van der Waals surface area contributed by atoms with Crippen LogP contribution < -0.4 is 0 Å². The number of amides is 1. The molecule has 0 atom stereocenters. The summed E-state index contributed by atoms with van der Waals surface area (Å²) in [5, 5.41) is 11.0. The van der Waals surface area contributed by atoms with Gasteiger partial charge in [0.15, 0.2) is 0 Å². The van der Waals surface area contributed by atoms with Crippen molar-refractivity contribution in [1.29, 1.82) is 0 Å². The third kappa shape index (κ3) is 3.61. The molecule has 0 spiro atoms. The van der Waals surface area contributed by atoms with E-state index in [2.05, 4.69) is 0 Å². The number of nitrogens with zero attached hydrogens (tertiary/aromatic N) is 2. The molecule has 0 bridgehead atoms. The minimum atomic E-state index is -0.461. The van der Waals surface area contributed by atoms with E-state index in [4.69, 9.17) is 0 Å². The van der Waals surface area contributed by atoms with Crippen LogP contribution in [-0.4, -0.2) is 29.2 Å². The van der Waals surface area contributed by atoms with Crippen LogP contribution in [0.25, 0.3) is 11.1 Å². The predicted molar refractivity (Wildman–Crippen MR) is 83.5 cm³/mol. The molecule has 2 aromatic carbocycles. The fraction of sp³-hybridized carbons (Fsp3) is 0.133. The molecule has 2 rings (SSSR count). The number of carbonyl (C=O) groups is 1. The third-order valence-corrected chi connectivity index (χ3v) is 3.93. The normalized spacial score (nSPS) is 10.2. The fourth-order valence-electron chi connectivity index (χ4n) is 1.74. The second-order valence-corrected chi connectivity index (χ2v) is 5.56. The Morgan fingerprint density at radius 3 is 2.33 bits per heavy atom. The molecule has 2 aromatic rings. The summed E-state index contributed by atoms with van der Waals surface area (Å²) in [7, 11) is 3.22. The van der Waals surface area contributed by atoms with Crippen LogP contribution in [0.2, 0.25) is 0 Å². The topological polar surface area (TPSA) is 63.5 Å². The first kappa shape index (κ1) is 15.1. The lowest BCUT2D eigenvalue weighted by Crippen LogP contribution is -2.16. The number of hydrogen-bond acceptors (Lipinski definition) is 4. The fourth-order valence-corrected chi connectivity index (χ4v) is 2.49. The molecule has 0 fully saturated rings. The maximum Gasteiger partial charge on any atom is 0.286 e. The van der Waals surface area contributed by atoms with Gasteiger partial charge in [-0.1, -0.05) is 36.4 Å². The molecule has 5 nitrogen and oxygen atoms in total.